The number of aromatic nitrogens is 1. The van der Waals surface area contributed by atoms with E-state index in [4.69, 9.17) is 11.6 Å². The van der Waals surface area contributed by atoms with Crippen LogP contribution in [0, 0.1) is 5.92 Å². The van der Waals surface area contributed by atoms with Gasteiger partial charge in [0.15, 0.2) is 4.47 Å². The van der Waals surface area contributed by atoms with Crippen LogP contribution in [0.25, 0.3) is 0 Å². The number of halogens is 1. The van der Waals surface area contributed by atoms with Crippen LogP contribution in [0.15, 0.2) is 6.20 Å². The van der Waals surface area contributed by atoms with Gasteiger partial charge in [-0.1, -0.05) is 11.6 Å². The first-order chi connectivity index (χ1) is 8.81. The second-order valence-electron chi connectivity index (χ2n) is 5.45. The fourth-order valence-corrected chi connectivity index (χ4v) is 3.75. The molecule has 0 spiro atoms. The molecule has 3 nitrogen and oxygen atoms in total. The van der Waals surface area contributed by atoms with E-state index < -0.39 is 0 Å². The van der Waals surface area contributed by atoms with Crippen LogP contribution in [-0.2, 0) is 6.54 Å². The van der Waals surface area contributed by atoms with Gasteiger partial charge in [-0.05, 0) is 44.7 Å². The predicted molar refractivity (Wildman–Crippen MR) is 76.1 cm³/mol. The Hall–Kier alpha value is -0.160. The van der Waals surface area contributed by atoms with Crippen LogP contribution in [0.5, 0.6) is 0 Å². The largest absolute Gasteiger partial charge is 0.316 e. The van der Waals surface area contributed by atoms with Crippen molar-refractivity contribution in [1.29, 1.82) is 0 Å². The minimum atomic E-state index is 0.667. The first kappa shape index (κ1) is 12.9. The predicted octanol–water partition coefficient (Wildman–Crippen LogP) is 2.76. The topological polar surface area (TPSA) is 28.2 Å². The summed E-state index contributed by atoms with van der Waals surface area (Å²) in [6.45, 7) is 4.65. The summed E-state index contributed by atoms with van der Waals surface area (Å²) in [6.07, 6.45) is 7.37. The lowest BCUT2D eigenvalue weighted by Gasteiger charge is -2.29. The Morgan fingerprint density at radius 3 is 2.94 bits per heavy atom. The van der Waals surface area contributed by atoms with E-state index in [1.54, 1.807) is 11.3 Å². The minimum Gasteiger partial charge on any atom is -0.316 e. The summed E-state index contributed by atoms with van der Waals surface area (Å²) < 4.78 is 0.667. The Bertz CT molecular complexity index is 385. The molecule has 2 aliphatic rings. The Kier molecular flexibility index (Phi) is 4.19. The quantitative estimate of drug-likeness (QED) is 0.902. The average Bonchev–Trinajstić information content (AvgIpc) is 3.15. The van der Waals surface area contributed by atoms with Crippen LogP contribution >= 0.6 is 22.9 Å². The zero-order valence-corrected chi connectivity index (χ0v) is 12.1. The van der Waals surface area contributed by atoms with Gasteiger partial charge in [-0.25, -0.2) is 4.98 Å². The summed E-state index contributed by atoms with van der Waals surface area (Å²) in [4.78, 5) is 8.08. The SMILES string of the molecule is Clc1ncc(CN(CC2CCCNC2)C2CC2)s1. The van der Waals surface area contributed by atoms with Gasteiger partial charge in [0, 0.05) is 30.2 Å². The Morgan fingerprint density at radius 1 is 1.44 bits per heavy atom. The highest BCUT2D eigenvalue weighted by Crippen LogP contribution is 2.31. The molecule has 3 rings (SSSR count). The molecule has 18 heavy (non-hydrogen) atoms. The van der Waals surface area contributed by atoms with Gasteiger partial charge in [0.05, 0.1) is 0 Å². The minimum absolute atomic E-state index is 0.667. The lowest BCUT2D eigenvalue weighted by atomic mass is 9.99. The molecule has 2 heterocycles. The van der Waals surface area contributed by atoms with Gasteiger partial charge in [0.25, 0.3) is 0 Å². The number of hydrogen-bond donors (Lipinski definition) is 1. The van der Waals surface area contributed by atoms with Crippen molar-refractivity contribution in [1.82, 2.24) is 15.2 Å². The molecule has 1 saturated carbocycles. The van der Waals surface area contributed by atoms with Crippen molar-refractivity contribution in [3.05, 3.63) is 15.5 Å². The summed E-state index contributed by atoms with van der Waals surface area (Å²) in [5.74, 6) is 0.822. The van der Waals surface area contributed by atoms with E-state index in [9.17, 15) is 0 Å². The van der Waals surface area contributed by atoms with Crippen molar-refractivity contribution >= 4 is 22.9 Å². The van der Waals surface area contributed by atoms with Gasteiger partial charge in [-0.2, -0.15) is 0 Å². The Morgan fingerprint density at radius 2 is 2.33 bits per heavy atom. The highest BCUT2D eigenvalue weighted by Gasteiger charge is 2.31. The van der Waals surface area contributed by atoms with Crippen molar-refractivity contribution in [2.45, 2.75) is 38.3 Å². The summed E-state index contributed by atoms with van der Waals surface area (Å²) in [5.41, 5.74) is 0. The molecule has 0 radical (unpaired) electrons. The van der Waals surface area contributed by atoms with Gasteiger partial charge in [-0.15, -0.1) is 11.3 Å². The zero-order chi connectivity index (χ0) is 12.4. The maximum atomic E-state index is 5.91. The lowest BCUT2D eigenvalue weighted by molar-refractivity contribution is 0.194. The van der Waals surface area contributed by atoms with E-state index >= 15 is 0 Å². The lowest BCUT2D eigenvalue weighted by Crippen LogP contribution is -2.38. The smallest absolute Gasteiger partial charge is 0.183 e. The molecule has 1 aromatic rings. The molecular weight excluding hydrogens is 266 g/mol. The van der Waals surface area contributed by atoms with E-state index in [1.165, 1.54) is 50.2 Å². The molecule has 1 saturated heterocycles. The van der Waals surface area contributed by atoms with Crippen molar-refractivity contribution in [2.75, 3.05) is 19.6 Å². The van der Waals surface area contributed by atoms with Crippen LogP contribution in [0.3, 0.4) is 0 Å². The van der Waals surface area contributed by atoms with Gasteiger partial charge < -0.3 is 5.32 Å². The van der Waals surface area contributed by atoms with E-state index in [-0.39, 0.29) is 0 Å². The van der Waals surface area contributed by atoms with E-state index in [0.717, 1.165) is 18.5 Å². The highest BCUT2D eigenvalue weighted by molar-refractivity contribution is 7.15. The Balaban J connectivity index is 1.57. The molecule has 1 aromatic heterocycles. The van der Waals surface area contributed by atoms with Gasteiger partial charge in [0.2, 0.25) is 0 Å². The number of nitrogens with one attached hydrogen (secondary N) is 1. The van der Waals surface area contributed by atoms with Crippen LogP contribution in [0.1, 0.15) is 30.6 Å². The third-order valence-electron chi connectivity index (χ3n) is 3.84. The summed E-state index contributed by atoms with van der Waals surface area (Å²) >= 11 is 7.53. The number of rotatable bonds is 5. The Labute approximate surface area is 118 Å². The van der Waals surface area contributed by atoms with E-state index in [0.29, 0.717) is 4.47 Å². The van der Waals surface area contributed by atoms with Crippen molar-refractivity contribution in [2.24, 2.45) is 5.92 Å². The number of hydrogen-bond acceptors (Lipinski definition) is 4. The van der Waals surface area contributed by atoms with Gasteiger partial charge >= 0.3 is 0 Å². The molecular formula is C13H20ClN3S. The molecule has 1 atom stereocenters. The van der Waals surface area contributed by atoms with Crippen LogP contribution in [0.2, 0.25) is 4.47 Å². The maximum Gasteiger partial charge on any atom is 0.183 e. The van der Waals surface area contributed by atoms with Crippen molar-refractivity contribution in [3.8, 4) is 0 Å². The molecule has 0 bridgehead atoms. The molecule has 100 valence electrons. The van der Waals surface area contributed by atoms with Crippen molar-refractivity contribution < 1.29 is 0 Å². The van der Waals surface area contributed by atoms with E-state index in [2.05, 4.69) is 15.2 Å². The zero-order valence-electron chi connectivity index (χ0n) is 10.6. The molecule has 0 aromatic carbocycles. The highest BCUT2D eigenvalue weighted by atomic mass is 35.5. The normalized spacial score (nSPS) is 24.7. The van der Waals surface area contributed by atoms with Crippen molar-refractivity contribution in [3.63, 3.8) is 0 Å². The molecule has 1 N–H and O–H groups in total. The monoisotopic (exact) mass is 285 g/mol. The van der Waals surface area contributed by atoms with Crippen LogP contribution < -0.4 is 5.32 Å². The molecule has 5 heteroatoms. The van der Waals surface area contributed by atoms with Crippen LogP contribution in [0.4, 0.5) is 0 Å². The molecule has 0 amide bonds. The fraction of sp³-hybridized carbons (Fsp3) is 0.769. The third-order valence-corrected chi connectivity index (χ3v) is 4.94. The summed E-state index contributed by atoms with van der Waals surface area (Å²) in [5, 5.41) is 3.51. The first-order valence-electron chi connectivity index (χ1n) is 6.86. The summed E-state index contributed by atoms with van der Waals surface area (Å²) in [7, 11) is 0. The second-order valence-corrected chi connectivity index (χ2v) is 7.15. The third kappa shape index (κ3) is 3.44. The number of nitrogens with zero attached hydrogens (tertiary/aromatic N) is 2. The maximum absolute atomic E-state index is 5.91. The first-order valence-corrected chi connectivity index (χ1v) is 8.05. The standard InChI is InChI=1S/C13H20ClN3S/c14-13-16-7-12(18-13)9-17(11-3-4-11)8-10-2-1-5-15-6-10/h7,10-11,15H,1-6,8-9H2. The van der Waals surface area contributed by atoms with Gasteiger partial charge in [-0.3, -0.25) is 4.90 Å². The molecule has 1 aliphatic carbocycles. The number of thiazole rings is 1. The molecule has 1 aliphatic heterocycles. The molecule has 2 fully saturated rings. The average molecular weight is 286 g/mol. The second kappa shape index (κ2) is 5.87. The number of piperidine rings is 1. The summed E-state index contributed by atoms with van der Waals surface area (Å²) in [6, 6.07) is 0.813. The van der Waals surface area contributed by atoms with Gasteiger partial charge in [0.1, 0.15) is 0 Å². The van der Waals surface area contributed by atoms with Crippen LogP contribution in [-0.4, -0.2) is 35.6 Å². The fourth-order valence-electron chi connectivity index (χ4n) is 2.75. The molecule has 1 unspecified atom stereocenters. The van der Waals surface area contributed by atoms with E-state index in [1.807, 2.05) is 6.20 Å².